The van der Waals surface area contributed by atoms with Crippen molar-refractivity contribution in [1.82, 2.24) is 9.78 Å². The van der Waals surface area contributed by atoms with Gasteiger partial charge in [0, 0.05) is 17.1 Å². The number of nitrogens with zero attached hydrogens (tertiary/aromatic N) is 2. The molecule has 0 spiro atoms. The standard InChI is InChI=1S/C15H19ClN2/c1-11-9-14(17-18(11)15(2,3)4)10-12-5-7-13(16)8-6-12/h5-9H,10H2,1-4H3. The Morgan fingerprint density at radius 2 is 1.78 bits per heavy atom. The van der Waals surface area contributed by atoms with E-state index in [2.05, 4.69) is 43.5 Å². The molecule has 0 radical (unpaired) electrons. The van der Waals surface area contributed by atoms with E-state index in [-0.39, 0.29) is 5.54 Å². The predicted molar refractivity (Wildman–Crippen MR) is 76.2 cm³/mol. The summed E-state index contributed by atoms with van der Waals surface area (Å²) < 4.78 is 2.08. The molecule has 3 heteroatoms. The minimum absolute atomic E-state index is 0.0301. The van der Waals surface area contributed by atoms with E-state index in [0.29, 0.717) is 0 Å². The summed E-state index contributed by atoms with van der Waals surface area (Å²) in [6.07, 6.45) is 0.848. The number of aryl methyl sites for hydroxylation is 1. The molecule has 0 unspecified atom stereocenters. The summed E-state index contributed by atoms with van der Waals surface area (Å²) in [7, 11) is 0. The Balaban J connectivity index is 2.23. The molecule has 1 aromatic heterocycles. The third kappa shape index (κ3) is 2.94. The van der Waals surface area contributed by atoms with Crippen LogP contribution in [0.2, 0.25) is 5.02 Å². The molecular formula is C15H19ClN2. The second kappa shape index (κ2) is 4.77. The lowest BCUT2D eigenvalue weighted by molar-refractivity contribution is 0.346. The molecule has 0 aliphatic rings. The zero-order valence-electron chi connectivity index (χ0n) is 11.4. The average Bonchev–Trinajstić information content (AvgIpc) is 2.63. The van der Waals surface area contributed by atoms with Crippen LogP contribution in [-0.2, 0) is 12.0 Å². The Bertz CT molecular complexity index is 533. The molecular weight excluding hydrogens is 244 g/mol. The van der Waals surface area contributed by atoms with E-state index < -0.39 is 0 Å². The van der Waals surface area contributed by atoms with Gasteiger partial charge in [0.1, 0.15) is 0 Å². The first-order valence-corrected chi connectivity index (χ1v) is 6.54. The van der Waals surface area contributed by atoms with Crippen LogP contribution in [-0.4, -0.2) is 9.78 Å². The smallest absolute Gasteiger partial charge is 0.0671 e. The van der Waals surface area contributed by atoms with Gasteiger partial charge < -0.3 is 0 Å². The highest BCUT2D eigenvalue weighted by atomic mass is 35.5. The van der Waals surface area contributed by atoms with Crippen molar-refractivity contribution in [2.45, 2.75) is 39.7 Å². The zero-order valence-corrected chi connectivity index (χ0v) is 12.1. The monoisotopic (exact) mass is 262 g/mol. The number of hydrogen-bond acceptors (Lipinski definition) is 1. The van der Waals surface area contributed by atoms with E-state index in [0.717, 1.165) is 17.1 Å². The first-order valence-electron chi connectivity index (χ1n) is 6.17. The topological polar surface area (TPSA) is 17.8 Å². The van der Waals surface area contributed by atoms with Crippen molar-refractivity contribution in [2.24, 2.45) is 0 Å². The molecule has 1 heterocycles. The number of aromatic nitrogens is 2. The molecule has 0 aliphatic carbocycles. The molecule has 18 heavy (non-hydrogen) atoms. The van der Waals surface area contributed by atoms with E-state index in [4.69, 9.17) is 11.6 Å². The average molecular weight is 263 g/mol. The Morgan fingerprint density at radius 3 is 2.28 bits per heavy atom. The highest BCUT2D eigenvalue weighted by Gasteiger charge is 2.17. The first kappa shape index (κ1) is 13.2. The van der Waals surface area contributed by atoms with Crippen LogP contribution in [0.3, 0.4) is 0 Å². The predicted octanol–water partition coefficient (Wildman–Crippen LogP) is 4.19. The zero-order chi connectivity index (χ0) is 13.3. The third-order valence-corrected chi connectivity index (χ3v) is 3.12. The van der Waals surface area contributed by atoms with Gasteiger partial charge in [0.25, 0.3) is 0 Å². The molecule has 96 valence electrons. The molecule has 2 aromatic rings. The number of benzene rings is 1. The fourth-order valence-electron chi connectivity index (χ4n) is 2.12. The van der Waals surface area contributed by atoms with Crippen LogP contribution >= 0.6 is 11.6 Å². The van der Waals surface area contributed by atoms with Gasteiger partial charge in [0.05, 0.1) is 11.2 Å². The molecule has 0 fully saturated rings. The molecule has 2 rings (SSSR count). The maximum absolute atomic E-state index is 5.88. The highest BCUT2D eigenvalue weighted by molar-refractivity contribution is 6.30. The summed E-state index contributed by atoms with van der Waals surface area (Å²) in [5.74, 6) is 0. The molecule has 1 aromatic carbocycles. The van der Waals surface area contributed by atoms with E-state index in [1.807, 2.05) is 24.3 Å². The van der Waals surface area contributed by atoms with E-state index >= 15 is 0 Å². The van der Waals surface area contributed by atoms with Gasteiger partial charge in [0.15, 0.2) is 0 Å². The highest BCUT2D eigenvalue weighted by Crippen LogP contribution is 2.19. The van der Waals surface area contributed by atoms with Gasteiger partial charge in [-0.25, -0.2) is 0 Å². The van der Waals surface area contributed by atoms with Crippen LogP contribution in [0.15, 0.2) is 30.3 Å². The third-order valence-electron chi connectivity index (χ3n) is 2.87. The maximum atomic E-state index is 5.88. The Hall–Kier alpha value is -1.28. The van der Waals surface area contributed by atoms with Gasteiger partial charge in [-0.15, -0.1) is 0 Å². The van der Waals surface area contributed by atoms with Crippen molar-refractivity contribution in [3.05, 3.63) is 52.3 Å². The summed E-state index contributed by atoms with van der Waals surface area (Å²) in [6.45, 7) is 8.60. The second-order valence-corrected chi connectivity index (χ2v) is 6.10. The first-order chi connectivity index (χ1) is 8.36. The minimum atomic E-state index is 0.0301. The summed E-state index contributed by atoms with van der Waals surface area (Å²) in [5, 5.41) is 5.46. The van der Waals surface area contributed by atoms with E-state index in [9.17, 15) is 0 Å². The van der Waals surface area contributed by atoms with Crippen LogP contribution in [0.4, 0.5) is 0 Å². The minimum Gasteiger partial charge on any atom is -0.264 e. The van der Waals surface area contributed by atoms with Gasteiger partial charge in [-0.1, -0.05) is 23.7 Å². The van der Waals surface area contributed by atoms with Crippen molar-refractivity contribution < 1.29 is 0 Å². The van der Waals surface area contributed by atoms with Crippen molar-refractivity contribution in [2.75, 3.05) is 0 Å². The molecule has 0 saturated carbocycles. The SMILES string of the molecule is Cc1cc(Cc2ccc(Cl)cc2)nn1C(C)(C)C. The normalized spacial score (nSPS) is 11.8. The molecule has 0 saturated heterocycles. The van der Waals surface area contributed by atoms with Gasteiger partial charge in [-0.2, -0.15) is 5.10 Å². The summed E-state index contributed by atoms with van der Waals surface area (Å²) in [4.78, 5) is 0. The Labute approximate surface area is 114 Å². The van der Waals surface area contributed by atoms with Crippen LogP contribution in [0.25, 0.3) is 0 Å². The van der Waals surface area contributed by atoms with Crippen molar-refractivity contribution in [1.29, 1.82) is 0 Å². The van der Waals surface area contributed by atoms with Crippen LogP contribution < -0.4 is 0 Å². The molecule has 2 nitrogen and oxygen atoms in total. The fraction of sp³-hybridized carbons (Fsp3) is 0.400. The van der Waals surface area contributed by atoms with Crippen LogP contribution in [0.5, 0.6) is 0 Å². The van der Waals surface area contributed by atoms with Crippen LogP contribution in [0, 0.1) is 6.92 Å². The second-order valence-electron chi connectivity index (χ2n) is 5.66. The summed E-state index contributed by atoms with van der Waals surface area (Å²) in [5.41, 5.74) is 3.57. The Morgan fingerprint density at radius 1 is 1.17 bits per heavy atom. The van der Waals surface area contributed by atoms with E-state index in [1.165, 1.54) is 11.3 Å². The molecule has 0 aliphatic heterocycles. The molecule has 0 amide bonds. The lowest BCUT2D eigenvalue weighted by Gasteiger charge is -2.21. The maximum Gasteiger partial charge on any atom is 0.0671 e. The van der Waals surface area contributed by atoms with Crippen LogP contribution in [0.1, 0.15) is 37.7 Å². The number of halogens is 1. The van der Waals surface area contributed by atoms with Gasteiger partial charge in [0.2, 0.25) is 0 Å². The number of hydrogen-bond donors (Lipinski definition) is 0. The lowest BCUT2D eigenvalue weighted by atomic mass is 10.1. The lowest BCUT2D eigenvalue weighted by Crippen LogP contribution is -2.24. The van der Waals surface area contributed by atoms with Gasteiger partial charge in [-0.3, -0.25) is 4.68 Å². The molecule has 0 bridgehead atoms. The van der Waals surface area contributed by atoms with Gasteiger partial charge in [-0.05, 0) is 51.5 Å². The van der Waals surface area contributed by atoms with Gasteiger partial charge >= 0.3 is 0 Å². The Kier molecular flexibility index (Phi) is 3.49. The quantitative estimate of drug-likeness (QED) is 0.794. The molecule has 0 N–H and O–H groups in total. The fourth-order valence-corrected chi connectivity index (χ4v) is 2.24. The van der Waals surface area contributed by atoms with E-state index in [1.54, 1.807) is 0 Å². The molecule has 0 atom stereocenters. The van der Waals surface area contributed by atoms with Crippen molar-refractivity contribution >= 4 is 11.6 Å². The largest absolute Gasteiger partial charge is 0.264 e. The summed E-state index contributed by atoms with van der Waals surface area (Å²) in [6, 6.07) is 10.1. The van der Waals surface area contributed by atoms with Crippen molar-refractivity contribution in [3.8, 4) is 0 Å². The number of rotatable bonds is 2. The van der Waals surface area contributed by atoms with Crippen molar-refractivity contribution in [3.63, 3.8) is 0 Å². The summed E-state index contributed by atoms with van der Waals surface area (Å²) >= 11 is 5.88.